The molecule has 5 nitrogen and oxygen atoms in total. The molecular formula is C5H11N3O2. The monoisotopic (exact) mass is 145 g/mol. The van der Waals surface area contributed by atoms with Gasteiger partial charge in [0.25, 0.3) is 0 Å². The highest BCUT2D eigenvalue weighted by molar-refractivity contribution is 5.72. The van der Waals surface area contributed by atoms with Gasteiger partial charge < -0.3 is 4.79 Å². The van der Waals surface area contributed by atoms with Crippen molar-refractivity contribution in [2.75, 3.05) is 13.6 Å². The second kappa shape index (κ2) is 4.89. The van der Waals surface area contributed by atoms with E-state index in [1.807, 2.05) is 0 Å². The third-order valence-electron chi connectivity index (χ3n) is 0.904. The number of amides is 1. The summed E-state index contributed by atoms with van der Waals surface area (Å²) in [7, 11) is 1.56. The zero-order chi connectivity index (χ0) is 7.98. The zero-order valence-corrected chi connectivity index (χ0v) is 6.05. The largest absolute Gasteiger partial charge is 0.302 e. The van der Waals surface area contributed by atoms with Crippen molar-refractivity contribution in [3.05, 3.63) is 0 Å². The van der Waals surface area contributed by atoms with Crippen LogP contribution in [0.4, 0.5) is 0 Å². The van der Waals surface area contributed by atoms with E-state index in [1.165, 1.54) is 11.9 Å². The molecule has 0 fully saturated rings. The molecule has 0 aliphatic rings. The van der Waals surface area contributed by atoms with Gasteiger partial charge >= 0.3 is 0 Å². The van der Waals surface area contributed by atoms with E-state index < -0.39 is 0 Å². The van der Waals surface area contributed by atoms with Crippen molar-refractivity contribution in [1.29, 1.82) is 0 Å². The number of hydrogen-bond donors (Lipinski definition) is 2. The van der Waals surface area contributed by atoms with E-state index in [2.05, 4.69) is 11.0 Å². The SMILES string of the molecule is CC(=O)N(C)NNCC=O. The van der Waals surface area contributed by atoms with Crippen molar-refractivity contribution in [3.63, 3.8) is 0 Å². The van der Waals surface area contributed by atoms with Crippen LogP contribution in [0.3, 0.4) is 0 Å². The molecule has 0 rings (SSSR count). The lowest BCUT2D eigenvalue weighted by Gasteiger charge is -2.15. The highest BCUT2D eigenvalue weighted by Gasteiger charge is 1.97. The molecule has 0 aromatic carbocycles. The standard InChI is InChI=1S/C5H11N3O2/c1-5(10)8(2)7-6-3-4-9/h4,6-7H,3H2,1-2H3. The first kappa shape index (κ1) is 9.06. The third-order valence-corrected chi connectivity index (χ3v) is 0.904. The van der Waals surface area contributed by atoms with Gasteiger partial charge in [0.15, 0.2) is 0 Å². The number of carbonyl (C=O) groups is 2. The lowest BCUT2D eigenvalue weighted by atomic mass is 10.7. The van der Waals surface area contributed by atoms with Crippen molar-refractivity contribution in [2.45, 2.75) is 6.92 Å². The van der Waals surface area contributed by atoms with Crippen LogP contribution in [-0.4, -0.2) is 30.8 Å². The van der Waals surface area contributed by atoms with Crippen LogP contribution >= 0.6 is 0 Å². The van der Waals surface area contributed by atoms with Crippen LogP contribution in [0.15, 0.2) is 0 Å². The molecule has 0 aliphatic heterocycles. The van der Waals surface area contributed by atoms with Gasteiger partial charge in [-0.25, -0.2) is 5.43 Å². The van der Waals surface area contributed by atoms with Crippen LogP contribution in [0.1, 0.15) is 6.92 Å². The maximum absolute atomic E-state index is 10.5. The Balaban J connectivity index is 3.30. The molecule has 0 bridgehead atoms. The van der Waals surface area contributed by atoms with Crippen molar-refractivity contribution in [3.8, 4) is 0 Å². The zero-order valence-electron chi connectivity index (χ0n) is 6.05. The third kappa shape index (κ3) is 3.99. The highest BCUT2D eigenvalue weighted by Crippen LogP contribution is 1.70. The van der Waals surface area contributed by atoms with Gasteiger partial charge in [-0.2, -0.15) is 5.53 Å². The van der Waals surface area contributed by atoms with Crippen LogP contribution in [0.5, 0.6) is 0 Å². The molecule has 58 valence electrons. The molecule has 10 heavy (non-hydrogen) atoms. The summed E-state index contributed by atoms with van der Waals surface area (Å²) in [5, 5.41) is 1.24. The van der Waals surface area contributed by atoms with Gasteiger partial charge in [-0.05, 0) is 0 Å². The fourth-order valence-corrected chi connectivity index (χ4v) is 0.285. The molecule has 0 unspecified atom stereocenters. The average molecular weight is 145 g/mol. The van der Waals surface area contributed by atoms with Crippen molar-refractivity contribution in [2.24, 2.45) is 0 Å². The minimum Gasteiger partial charge on any atom is -0.302 e. The fraction of sp³-hybridized carbons (Fsp3) is 0.600. The quantitative estimate of drug-likeness (QED) is 0.292. The number of aldehydes is 1. The van der Waals surface area contributed by atoms with E-state index in [-0.39, 0.29) is 12.5 Å². The Kier molecular flexibility index (Phi) is 4.43. The molecule has 0 saturated carbocycles. The normalized spacial score (nSPS) is 9.00. The molecule has 0 aromatic heterocycles. The Hall–Kier alpha value is -0.940. The number of nitrogens with one attached hydrogen (secondary N) is 2. The van der Waals surface area contributed by atoms with E-state index in [0.717, 1.165) is 0 Å². The Labute approximate surface area is 59.3 Å². The van der Waals surface area contributed by atoms with E-state index in [1.54, 1.807) is 7.05 Å². The van der Waals surface area contributed by atoms with E-state index in [9.17, 15) is 9.59 Å². The van der Waals surface area contributed by atoms with Crippen LogP contribution in [0.25, 0.3) is 0 Å². The topological polar surface area (TPSA) is 61.4 Å². The van der Waals surface area contributed by atoms with E-state index in [0.29, 0.717) is 6.29 Å². The average Bonchev–Trinajstić information content (AvgIpc) is 1.88. The fourth-order valence-electron chi connectivity index (χ4n) is 0.285. The molecule has 0 aromatic rings. The van der Waals surface area contributed by atoms with Crippen molar-refractivity contribution < 1.29 is 9.59 Å². The summed E-state index contributed by atoms with van der Waals surface area (Å²) in [6.45, 7) is 1.59. The minimum absolute atomic E-state index is 0.126. The van der Waals surface area contributed by atoms with Crippen LogP contribution in [-0.2, 0) is 9.59 Å². The predicted octanol–water partition coefficient (Wildman–Crippen LogP) is -1.33. The molecule has 0 aliphatic carbocycles. The maximum Gasteiger partial charge on any atom is 0.234 e. The van der Waals surface area contributed by atoms with Gasteiger partial charge in [0, 0.05) is 14.0 Å². The number of rotatable bonds is 4. The lowest BCUT2D eigenvalue weighted by molar-refractivity contribution is -0.131. The van der Waals surface area contributed by atoms with Gasteiger partial charge in [-0.3, -0.25) is 9.80 Å². The highest BCUT2D eigenvalue weighted by atomic mass is 16.2. The van der Waals surface area contributed by atoms with E-state index >= 15 is 0 Å². The number of hydrogen-bond acceptors (Lipinski definition) is 4. The van der Waals surface area contributed by atoms with Gasteiger partial charge in [-0.15, -0.1) is 0 Å². The molecule has 0 saturated heterocycles. The first-order valence-electron chi connectivity index (χ1n) is 2.85. The molecule has 2 N–H and O–H groups in total. The second-order valence-electron chi connectivity index (χ2n) is 1.74. The molecule has 1 amide bonds. The van der Waals surface area contributed by atoms with Crippen LogP contribution in [0, 0.1) is 0 Å². The molecule has 0 heterocycles. The first-order valence-corrected chi connectivity index (χ1v) is 2.85. The Morgan fingerprint density at radius 2 is 2.30 bits per heavy atom. The molecule has 0 spiro atoms. The Morgan fingerprint density at radius 3 is 2.70 bits per heavy atom. The molecule has 5 heteroatoms. The molecular weight excluding hydrogens is 134 g/mol. The number of carbonyl (C=O) groups excluding carboxylic acids is 2. The Morgan fingerprint density at radius 1 is 1.70 bits per heavy atom. The summed E-state index contributed by atoms with van der Waals surface area (Å²) in [5.74, 6) is -0.126. The summed E-state index contributed by atoms with van der Waals surface area (Å²) in [6.07, 6.45) is 0.695. The Bertz CT molecular complexity index is 126. The molecule has 0 radical (unpaired) electrons. The van der Waals surface area contributed by atoms with Crippen LogP contribution in [0.2, 0.25) is 0 Å². The van der Waals surface area contributed by atoms with Crippen LogP contribution < -0.4 is 11.0 Å². The summed E-state index contributed by atoms with van der Waals surface area (Å²) in [4.78, 5) is 20.2. The first-order chi connectivity index (χ1) is 4.68. The number of nitrogens with zero attached hydrogens (tertiary/aromatic N) is 1. The van der Waals surface area contributed by atoms with Gasteiger partial charge in [-0.1, -0.05) is 0 Å². The van der Waals surface area contributed by atoms with E-state index in [4.69, 9.17) is 0 Å². The smallest absolute Gasteiger partial charge is 0.234 e. The minimum atomic E-state index is -0.126. The summed E-state index contributed by atoms with van der Waals surface area (Å²) < 4.78 is 0. The predicted molar refractivity (Wildman–Crippen MR) is 35.6 cm³/mol. The second-order valence-corrected chi connectivity index (χ2v) is 1.74. The lowest BCUT2D eigenvalue weighted by Crippen LogP contribution is -2.47. The van der Waals surface area contributed by atoms with Crippen molar-refractivity contribution in [1.82, 2.24) is 16.0 Å². The molecule has 0 atom stereocenters. The summed E-state index contributed by atoms with van der Waals surface area (Å²) in [6, 6.07) is 0. The summed E-state index contributed by atoms with van der Waals surface area (Å²) in [5.41, 5.74) is 4.99. The number of hydrazine groups is 2. The maximum atomic E-state index is 10.5. The van der Waals surface area contributed by atoms with Gasteiger partial charge in [0.2, 0.25) is 5.91 Å². The van der Waals surface area contributed by atoms with Crippen molar-refractivity contribution >= 4 is 12.2 Å². The van der Waals surface area contributed by atoms with Gasteiger partial charge in [0.05, 0.1) is 6.54 Å². The summed E-state index contributed by atoms with van der Waals surface area (Å²) >= 11 is 0. The van der Waals surface area contributed by atoms with Gasteiger partial charge in [0.1, 0.15) is 6.29 Å².